The van der Waals surface area contributed by atoms with E-state index in [1.54, 1.807) is 4.68 Å². The molecule has 0 fully saturated rings. The molecule has 0 amide bonds. The number of rotatable bonds is 2. The number of nitrogen functional groups attached to an aromatic ring is 1. The zero-order valence-electron chi connectivity index (χ0n) is 8.74. The third-order valence-electron chi connectivity index (χ3n) is 2.25. The van der Waals surface area contributed by atoms with Crippen molar-refractivity contribution in [1.29, 1.82) is 0 Å². The SMILES string of the molecule is Cc1cc(N)n(Cc2ccc(Br)c(Br)c2)n1. The van der Waals surface area contributed by atoms with Crippen molar-refractivity contribution < 1.29 is 0 Å². The number of hydrogen-bond acceptors (Lipinski definition) is 2. The number of anilines is 1. The van der Waals surface area contributed by atoms with Crippen LogP contribution < -0.4 is 5.73 Å². The minimum absolute atomic E-state index is 0.686. The minimum atomic E-state index is 0.686. The maximum Gasteiger partial charge on any atom is 0.122 e. The summed E-state index contributed by atoms with van der Waals surface area (Å²) >= 11 is 6.91. The van der Waals surface area contributed by atoms with E-state index in [1.165, 1.54) is 0 Å². The lowest BCUT2D eigenvalue weighted by Crippen LogP contribution is -2.05. The monoisotopic (exact) mass is 343 g/mol. The fourth-order valence-corrected chi connectivity index (χ4v) is 2.18. The summed E-state index contributed by atoms with van der Waals surface area (Å²) < 4.78 is 3.87. The lowest BCUT2D eigenvalue weighted by atomic mass is 10.2. The van der Waals surface area contributed by atoms with E-state index in [2.05, 4.69) is 43.0 Å². The third-order valence-corrected chi connectivity index (χ3v) is 4.13. The van der Waals surface area contributed by atoms with Crippen molar-refractivity contribution in [2.24, 2.45) is 0 Å². The van der Waals surface area contributed by atoms with E-state index in [9.17, 15) is 0 Å². The number of hydrogen-bond donors (Lipinski definition) is 1. The Bertz CT molecular complexity index is 520. The minimum Gasteiger partial charge on any atom is -0.384 e. The summed E-state index contributed by atoms with van der Waals surface area (Å²) in [6, 6.07) is 7.98. The van der Waals surface area contributed by atoms with Crippen molar-refractivity contribution in [3.8, 4) is 0 Å². The van der Waals surface area contributed by atoms with E-state index in [-0.39, 0.29) is 0 Å². The van der Waals surface area contributed by atoms with Crippen molar-refractivity contribution in [1.82, 2.24) is 9.78 Å². The first-order valence-corrected chi connectivity index (χ1v) is 6.39. The third kappa shape index (κ3) is 2.47. The molecule has 2 aromatic rings. The molecule has 0 radical (unpaired) electrons. The Morgan fingerprint density at radius 2 is 2.00 bits per heavy atom. The second-order valence-corrected chi connectivity index (χ2v) is 5.33. The molecule has 0 saturated carbocycles. The van der Waals surface area contributed by atoms with Gasteiger partial charge in [0.15, 0.2) is 0 Å². The van der Waals surface area contributed by atoms with Crippen molar-refractivity contribution in [3.63, 3.8) is 0 Å². The maximum absolute atomic E-state index is 5.84. The molecule has 0 spiro atoms. The molecule has 1 aromatic heterocycles. The van der Waals surface area contributed by atoms with Crippen LogP contribution >= 0.6 is 31.9 Å². The molecule has 1 aromatic carbocycles. The average Bonchev–Trinajstić information content (AvgIpc) is 2.51. The van der Waals surface area contributed by atoms with Crippen molar-refractivity contribution in [2.45, 2.75) is 13.5 Å². The van der Waals surface area contributed by atoms with Crippen LogP contribution in [0.4, 0.5) is 5.82 Å². The van der Waals surface area contributed by atoms with Gasteiger partial charge in [-0.1, -0.05) is 6.07 Å². The largest absolute Gasteiger partial charge is 0.384 e. The van der Waals surface area contributed by atoms with Crippen LogP contribution in [-0.2, 0) is 6.54 Å². The van der Waals surface area contributed by atoms with E-state index in [0.29, 0.717) is 12.4 Å². The van der Waals surface area contributed by atoms with E-state index in [1.807, 2.05) is 25.1 Å². The van der Waals surface area contributed by atoms with Gasteiger partial charge in [0.1, 0.15) is 5.82 Å². The molecule has 5 heteroatoms. The molecule has 0 aliphatic rings. The van der Waals surface area contributed by atoms with Crippen LogP contribution in [0.15, 0.2) is 33.2 Å². The Labute approximate surface area is 111 Å². The zero-order chi connectivity index (χ0) is 11.7. The molecule has 0 aliphatic heterocycles. The highest BCUT2D eigenvalue weighted by molar-refractivity contribution is 9.13. The van der Waals surface area contributed by atoms with Gasteiger partial charge in [-0.15, -0.1) is 0 Å². The van der Waals surface area contributed by atoms with Crippen LogP contribution in [0.25, 0.3) is 0 Å². The van der Waals surface area contributed by atoms with Gasteiger partial charge in [-0.25, -0.2) is 4.68 Å². The summed E-state index contributed by atoms with van der Waals surface area (Å²) in [6.45, 7) is 2.62. The maximum atomic E-state index is 5.84. The van der Waals surface area contributed by atoms with Gasteiger partial charge in [-0.3, -0.25) is 0 Å². The lowest BCUT2D eigenvalue weighted by molar-refractivity contribution is 0.689. The number of benzene rings is 1. The number of nitrogens with zero attached hydrogens (tertiary/aromatic N) is 2. The number of aryl methyl sites for hydroxylation is 1. The van der Waals surface area contributed by atoms with Gasteiger partial charge in [-0.2, -0.15) is 5.10 Å². The van der Waals surface area contributed by atoms with E-state index >= 15 is 0 Å². The van der Waals surface area contributed by atoms with Crippen molar-refractivity contribution in [3.05, 3.63) is 44.5 Å². The van der Waals surface area contributed by atoms with Crippen LogP contribution in [0.2, 0.25) is 0 Å². The Hall–Kier alpha value is -0.810. The molecule has 2 N–H and O–H groups in total. The van der Waals surface area contributed by atoms with Gasteiger partial charge in [0.05, 0.1) is 12.2 Å². The summed E-state index contributed by atoms with van der Waals surface area (Å²) in [7, 11) is 0. The first-order chi connectivity index (χ1) is 7.56. The average molecular weight is 345 g/mol. The molecular formula is C11H11Br2N3. The number of nitrogens with two attached hydrogens (primary N) is 1. The molecule has 1 heterocycles. The molecule has 0 unspecified atom stereocenters. The van der Waals surface area contributed by atoms with Crippen LogP contribution in [-0.4, -0.2) is 9.78 Å². The van der Waals surface area contributed by atoms with Gasteiger partial charge >= 0.3 is 0 Å². The number of aromatic nitrogens is 2. The van der Waals surface area contributed by atoms with E-state index in [0.717, 1.165) is 20.2 Å². The van der Waals surface area contributed by atoms with Crippen molar-refractivity contribution >= 4 is 37.7 Å². The van der Waals surface area contributed by atoms with Gasteiger partial charge in [0, 0.05) is 15.0 Å². The lowest BCUT2D eigenvalue weighted by Gasteiger charge is -2.05. The van der Waals surface area contributed by atoms with Crippen LogP contribution in [0.1, 0.15) is 11.3 Å². The second-order valence-electron chi connectivity index (χ2n) is 3.62. The Morgan fingerprint density at radius 3 is 2.56 bits per heavy atom. The summed E-state index contributed by atoms with van der Waals surface area (Å²) in [5, 5.41) is 4.32. The Morgan fingerprint density at radius 1 is 1.25 bits per heavy atom. The summed E-state index contributed by atoms with van der Waals surface area (Å²) in [6.07, 6.45) is 0. The van der Waals surface area contributed by atoms with Crippen LogP contribution in [0.3, 0.4) is 0 Å². The number of halogens is 2. The molecule has 3 nitrogen and oxygen atoms in total. The molecular weight excluding hydrogens is 334 g/mol. The topological polar surface area (TPSA) is 43.8 Å². The molecule has 0 saturated heterocycles. The van der Waals surface area contributed by atoms with Crippen LogP contribution in [0, 0.1) is 6.92 Å². The molecule has 0 bridgehead atoms. The van der Waals surface area contributed by atoms with Gasteiger partial charge in [-0.05, 0) is 56.5 Å². The Balaban J connectivity index is 2.27. The van der Waals surface area contributed by atoms with Crippen molar-refractivity contribution in [2.75, 3.05) is 5.73 Å². The molecule has 16 heavy (non-hydrogen) atoms. The highest BCUT2D eigenvalue weighted by atomic mass is 79.9. The predicted octanol–water partition coefficient (Wildman–Crippen LogP) is 3.35. The van der Waals surface area contributed by atoms with E-state index < -0.39 is 0 Å². The standard InChI is InChI=1S/C11H11Br2N3/c1-7-4-11(14)16(15-7)6-8-2-3-9(12)10(13)5-8/h2-5H,6,14H2,1H3. The van der Waals surface area contributed by atoms with Crippen LogP contribution in [0.5, 0.6) is 0 Å². The predicted molar refractivity (Wildman–Crippen MR) is 72.3 cm³/mol. The fourth-order valence-electron chi connectivity index (χ4n) is 1.50. The highest BCUT2D eigenvalue weighted by Gasteiger charge is 2.04. The van der Waals surface area contributed by atoms with Gasteiger partial charge in [0.25, 0.3) is 0 Å². The molecule has 0 aliphatic carbocycles. The summed E-state index contributed by atoms with van der Waals surface area (Å²) in [5.74, 6) is 0.691. The molecule has 0 atom stereocenters. The molecule has 2 rings (SSSR count). The van der Waals surface area contributed by atoms with E-state index in [4.69, 9.17) is 5.73 Å². The summed E-state index contributed by atoms with van der Waals surface area (Å²) in [4.78, 5) is 0. The fraction of sp³-hybridized carbons (Fsp3) is 0.182. The van der Waals surface area contributed by atoms with Gasteiger partial charge < -0.3 is 5.73 Å². The Kier molecular flexibility index (Phi) is 3.35. The van der Waals surface area contributed by atoms with Gasteiger partial charge in [0.2, 0.25) is 0 Å². The summed E-state index contributed by atoms with van der Waals surface area (Å²) in [5.41, 5.74) is 7.93. The quantitative estimate of drug-likeness (QED) is 0.907. The second kappa shape index (κ2) is 4.59. The highest BCUT2D eigenvalue weighted by Crippen LogP contribution is 2.24. The molecule has 84 valence electrons. The first-order valence-electron chi connectivity index (χ1n) is 4.80. The first kappa shape index (κ1) is 11.7. The normalized spacial score (nSPS) is 10.7. The smallest absolute Gasteiger partial charge is 0.122 e. The zero-order valence-corrected chi connectivity index (χ0v) is 11.9.